The normalized spacial score (nSPS) is 16.3. The smallest absolute Gasteiger partial charge is 0.334 e. The van der Waals surface area contributed by atoms with Gasteiger partial charge in [0.05, 0.1) is 11.7 Å². The fraction of sp³-hybridized carbons (Fsp3) is 0.300. The van der Waals surface area contributed by atoms with E-state index in [0.29, 0.717) is 18.3 Å². The zero-order valence-electron chi connectivity index (χ0n) is 14.3. The highest BCUT2D eigenvalue weighted by Crippen LogP contribution is 2.24. The minimum absolute atomic E-state index is 0.173. The summed E-state index contributed by atoms with van der Waals surface area (Å²) in [7, 11) is 0. The zero-order chi connectivity index (χ0) is 17.6. The largest absolute Gasteiger partial charge is 0.488 e. The molecule has 1 atom stereocenters. The Hall–Kier alpha value is -2.82. The molecule has 0 bridgehead atoms. The molecule has 0 amide bonds. The van der Waals surface area contributed by atoms with Crippen LogP contribution in [0.3, 0.4) is 0 Å². The number of hydrogen-bond acceptors (Lipinski definition) is 5. The third-order valence-corrected chi connectivity index (χ3v) is 3.63. The maximum Gasteiger partial charge on any atom is 0.334 e. The summed E-state index contributed by atoms with van der Waals surface area (Å²) in [5, 5.41) is 0. The molecule has 1 aliphatic rings. The second kappa shape index (κ2) is 7.83. The second-order valence-electron chi connectivity index (χ2n) is 6.02. The van der Waals surface area contributed by atoms with Crippen LogP contribution in [0.2, 0.25) is 0 Å². The van der Waals surface area contributed by atoms with Gasteiger partial charge in [0, 0.05) is 0 Å². The summed E-state index contributed by atoms with van der Waals surface area (Å²) in [4.78, 5) is 16.4. The van der Waals surface area contributed by atoms with Crippen molar-refractivity contribution in [3.63, 3.8) is 0 Å². The van der Waals surface area contributed by atoms with Crippen molar-refractivity contribution in [3.8, 4) is 5.75 Å². The van der Waals surface area contributed by atoms with E-state index in [-0.39, 0.29) is 18.7 Å². The van der Waals surface area contributed by atoms with E-state index in [1.807, 2.05) is 68.4 Å². The van der Waals surface area contributed by atoms with E-state index in [1.165, 1.54) is 0 Å². The van der Waals surface area contributed by atoms with Crippen LogP contribution in [-0.2, 0) is 20.9 Å². The van der Waals surface area contributed by atoms with Crippen molar-refractivity contribution in [1.82, 2.24) is 0 Å². The first kappa shape index (κ1) is 17.0. The average Bonchev–Trinajstić information content (AvgIpc) is 3.11. The topological polar surface area (TPSA) is 57.1 Å². The summed E-state index contributed by atoms with van der Waals surface area (Å²) in [5.41, 5.74) is 1.81. The summed E-state index contributed by atoms with van der Waals surface area (Å²) < 4.78 is 16.7. The molecule has 5 nitrogen and oxygen atoms in total. The van der Waals surface area contributed by atoms with E-state index >= 15 is 0 Å². The van der Waals surface area contributed by atoms with Crippen LogP contribution in [0.15, 0.2) is 59.6 Å². The van der Waals surface area contributed by atoms with Crippen molar-refractivity contribution < 1.29 is 19.0 Å². The van der Waals surface area contributed by atoms with Crippen LogP contribution >= 0.6 is 0 Å². The molecule has 2 aromatic carbocycles. The van der Waals surface area contributed by atoms with Gasteiger partial charge in [0.2, 0.25) is 5.90 Å². The molecule has 1 unspecified atom stereocenters. The van der Waals surface area contributed by atoms with Crippen LogP contribution in [0, 0.1) is 0 Å². The van der Waals surface area contributed by atoms with Gasteiger partial charge in [-0.3, -0.25) is 0 Å². The maximum atomic E-state index is 12.0. The van der Waals surface area contributed by atoms with Crippen LogP contribution < -0.4 is 4.74 Å². The van der Waals surface area contributed by atoms with E-state index in [9.17, 15) is 4.79 Å². The van der Waals surface area contributed by atoms with Gasteiger partial charge in [-0.15, -0.1) is 0 Å². The van der Waals surface area contributed by atoms with Crippen LogP contribution in [0.5, 0.6) is 5.75 Å². The molecule has 3 rings (SSSR count). The Labute approximate surface area is 147 Å². The molecule has 5 heteroatoms. The lowest BCUT2D eigenvalue weighted by molar-refractivity contribution is -0.149. The number of benzene rings is 2. The first-order valence-corrected chi connectivity index (χ1v) is 8.30. The van der Waals surface area contributed by atoms with Crippen molar-refractivity contribution in [2.75, 3.05) is 6.61 Å². The highest BCUT2D eigenvalue weighted by Gasteiger charge is 2.29. The quantitative estimate of drug-likeness (QED) is 0.757. The number of carbonyl (C=O) groups excluding carboxylic acids is 1. The molecule has 0 fully saturated rings. The lowest BCUT2D eigenvalue weighted by Crippen LogP contribution is -2.25. The van der Waals surface area contributed by atoms with Gasteiger partial charge < -0.3 is 14.2 Å². The number of carbonyl (C=O) groups is 1. The number of esters is 1. The summed E-state index contributed by atoms with van der Waals surface area (Å²) in [6, 6.07) is 16.8. The van der Waals surface area contributed by atoms with Gasteiger partial charge in [-0.25, -0.2) is 9.79 Å². The Morgan fingerprint density at radius 1 is 1.16 bits per heavy atom. The number of aliphatic imine (C=N–C) groups is 1. The predicted octanol–water partition coefficient (Wildman–Crippen LogP) is 3.36. The molecular weight excluding hydrogens is 318 g/mol. The summed E-state index contributed by atoms with van der Waals surface area (Å²) in [6.45, 7) is 4.26. The average molecular weight is 339 g/mol. The molecule has 0 aromatic heterocycles. The number of para-hydroxylation sites is 1. The Kier molecular flexibility index (Phi) is 5.33. The van der Waals surface area contributed by atoms with E-state index in [2.05, 4.69) is 4.99 Å². The molecule has 1 heterocycles. The highest BCUT2D eigenvalue weighted by atomic mass is 16.6. The number of rotatable bonds is 6. The Balaban J connectivity index is 1.73. The van der Waals surface area contributed by atoms with Crippen molar-refractivity contribution in [3.05, 3.63) is 65.7 Å². The summed E-state index contributed by atoms with van der Waals surface area (Å²) >= 11 is 0. The molecule has 0 saturated heterocycles. The molecule has 0 N–H and O–H groups in total. The van der Waals surface area contributed by atoms with Crippen LogP contribution in [0.4, 0.5) is 0 Å². The van der Waals surface area contributed by atoms with E-state index in [1.54, 1.807) is 0 Å². The van der Waals surface area contributed by atoms with Crippen LogP contribution in [0.1, 0.15) is 25.0 Å². The molecule has 0 spiro atoms. The monoisotopic (exact) mass is 339 g/mol. The van der Waals surface area contributed by atoms with Gasteiger partial charge in [-0.1, -0.05) is 42.5 Å². The minimum atomic E-state index is -0.625. The third-order valence-electron chi connectivity index (χ3n) is 3.63. The molecule has 1 aliphatic heterocycles. The Morgan fingerprint density at radius 2 is 1.88 bits per heavy atom. The van der Waals surface area contributed by atoms with Gasteiger partial charge in [-0.2, -0.15) is 0 Å². The number of nitrogens with zero attached hydrogens (tertiary/aromatic N) is 1. The van der Waals surface area contributed by atoms with Crippen molar-refractivity contribution in [2.24, 2.45) is 4.99 Å². The Morgan fingerprint density at radius 3 is 2.64 bits per heavy atom. The van der Waals surface area contributed by atoms with Gasteiger partial charge in [0.1, 0.15) is 19.0 Å². The lowest BCUT2D eigenvalue weighted by atomic mass is 10.2. The molecule has 130 valence electrons. The highest BCUT2D eigenvalue weighted by molar-refractivity contribution is 5.99. The van der Waals surface area contributed by atoms with Gasteiger partial charge >= 0.3 is 5.97 Å². The standard InChI is InChI=1S/C20H21NO4/c1-14(2)25-20(22)17-13-24-19(21-17)16-10-6-7-11-18(16)23-12-15-8-4-3-5-9-15/h3-11,14,17H,12-13H2,1-2H3. The summed E-state index contributed by atoms with van der Waals surface area (Å²) in [6.07, 6.45) is -0.173. The molecule has 25 heavy (non-hydrogen) atoms. The molecule has 0 radical (unpaired) electrons. The third kappa shape index (κ3) is 4.38. The van der Waals surface area contributed by atoms with E-state index < -0.39 is 6.04 Å². The van der Waals surface area contributed by atoms with Crippen molar-refractivity contribution in [2.45, 2.75) is 32.6 Å². The van der Waals surface area contributed by atoms with Gasteiger partial charge in [-0.05, 0) is 31.5 Å². The zero-order valence-corrected chi connectivity index (χ0v) is 14.3. The lowest BCUT2D eigenvalue weighted by Gasteiger charge is -2.11. The number of hydrogen-bond donors (Lipinski definition) is 0. The fourth-order valence-electron chi connectivity index (χ4n) is 2.46. The van der Waals surface area contributed by atoms with Crippen molar-refractivity contribution >= 4 is 11.9 Å². The van der Waals surface area contributed by atoms with Crippen molar-refractivity contribution in [1.29, 1.82) is 0 Å². The van der Waals surface area contributed by atoms with Crippen LogP contribution in [-0.4, -0.2) is 30.6 Å². The number of ether oxygens (including phenoxy) is 3. The Bertz CT molecular complexity index is 755. The van der Waals surface area contributed by atoms with Gasteiger partial charge in [0.25, 0.3) is 0 Å². The maximum absolute atomic E-state index is 12.0. The molecular formula is C20H21NO4. The van der Waals surface area contributed by atoms with Gasteiger partial charge in [0.15, 0.2) is 6.04 Å². The second-order valence-corrected chi connectivity index (χ2v) is 6.02. The first-order valence-electron chi connectivity index (χ1n) is 8.30. The fourth-order valence-corrected chi connectivity index (χ4v) is 2.46. The first-order chi connectivity index (χ1) is 12.1. The SMILES string of the molecule is CC(C)OC(=O)C1COC(c2ccccc2OCc2ccccc2)=N1. The minimum Gasteiger partial charge on any atom is -0.488 e. The molecule has 2 aromatic rings. The van der Waals surface area contributed by atoms with E-state index in [4.69, 9.17) is 14.2 Å². The molecule has 0 aliphatic carbocycles. The molecule has 0 saturated carbocycles. The predicted molar refractivity (Wildman–Crippen MR) is 94.7 cm³/mol. The summed E-state index contributed by atoms with van der Waals surface area (Å²) in [5.74, 6) is 0.713. The van der Waals surface area contributed by atoms with Crippen LogP contribution in [0.25, 0.3) is 0 Å². The van der Waals surface area contributed by atoms with E-state index in [0.717, 1.165) is 11.1 Å².